The summed E-state index contributed by atoms with van der Waals surface area (Å²) in [6.07, 6.45) is 8.53. The van der Waals surface area contributed by atoms with Crippen LogP contribution in [0, 0.1) is 0 Å². The minimum atomic E-state index is 0.246. The summed E-state index contributed by atoms with van der Waals surface area (Å²) in [5, 5.41) is 5.40. The minimum absolute atomic E-state index is 0.246. The van der Waals surface area contributed by atoms with E-state index >= 15 is 0 Å². The van der Waals surface area contributed by atoms with Gasteiger partial charge >= 0.3 is 0 Å². The van der Waals surface area contributed by atoms with Crippen molar-refractivity contribution in [1.29, 1.82) is 0 Å². The molecule has 0 aromatic carbocycles. The van der Waals surface area contributed by atoms with Gasteiger partial charge in [0.1, 0.15) is 0 Å². The highest BCUT2D eigenvalue weighted by Gasteiger charge is 2.18. The van der Waals surface area contributed by atoms with Gasteiger partial charge in [0.25, 0.3) is 5.95 Å². The highest BCUT2D eigenvalue weighted by atomic mass is 32.2. The van der Waals surface area contributed by atoms with Gasteiger partial charge in [-0.2, -0.15) is 20.1 Å². The van der Waals surface area contributed by atoms with Crippen LogP contribution in [0.4, 0.5) is 5.95 Å². The first-order valence-electron chi connectivity index (χ1n) is 5.99. The summed E-state index contributed by atoms with van der Waals surface area (Å²) in [6.45, 7) is 0. The second kappa shape index (κ2) is 4.93. The van der Waals surface area contributed by atoms with Crippen molar-refractivity contribution in [2.45, 2.75) is 36.1 Å². The van der Waals surface area contributed by atoms with E-state index in [1.807, 2.05) is 6.07 Å². The Bertz CT molecular complexity index is 520. The maximum absolute atomic E-state index is 5.72. The van der Waals surface area contributed by atoms with Crippen LogP contribution in [0.1, 0.15) is 25.7 Å². The van der Waals surface area contributed by atoms with Crippen LogP contribution in [0.3, 0.4) is 0 Å². The first-order valence-corrected chi connectivity index (χ1v) is 6.87. The molecule has 2 aromatic heterocycles. The predicted molar refractivity (Wildman–Crippen MR) is 69.5 cm³/mol. The molecule has 6 nitrogen and oxygen atoms in total. The fourth-order valence-electron chi connectivity index (χ4n) is 2.06. The molecule has 1 saturated carbocycles. The van der Waals surface area contributed by atoms with E-state index in [1.54, 1.807) is 28.8 Å². The number of nitrogens with zero attached hydrogens (tertiary/aromatic N) is 5. The molecule has 0 amide bonds. The van der Waals surface area contributed by atoms with Gasteiger partial charge in [-0.1, -0.05) is 24.6 Å². The third-order valence-electron chi connectivity index (χ3n) is 2.90. The van der Waals surface area contributed by atoms with Crippen molar-refractivity contribution in [2.24, 2.45) is 0 Å². The van der Waals surface area contributed by atoms with Gasteiger partial charge in [-0.3, -0.25) is 0 Å². The molecule has 0 bridgehead atoms. The van der Waals surface area contributed by atoms with Crippen molar-refractivity contribution in [3.8, 4) is 5.95 Å². The van der Waals surface area contributed by atoms with Crippen molar-refractivity contribution < 1.29 is 0 Å². The quantitative estimate of drug-likeness (QED) is 0.906. The van der Waals surface area contributed by atoms with Crippen LogP contribution in [0.2, 0.25) is 0 Å². The Kier molecular flexibility index (Phi) is 3.14. The largest absolute Gasteiger partial charge is 0.368 e. The second-order valence-electron chi connectivity index (χ2n) is 4.25. The Morgan fingerprint density at radius 2 is 2.06 bits per heavy atom. The third kappa shape index (κ3) is 2.45. The van der Waals surface area contributed by atoms with Gasteiger partial charge in [-0.25, -0.2) is 4.68 Å². The molecule has 1 aliphatic rings. The molecule has 2 N–H and O–H groups in total. The molecule has 2 aromatic rings. The van der Waals surface area contributed by atoms with E-state index in [9.17, 15) is 0 Å². The highest BCUT2D eigenvalue weighted by Crippen LogP contribution is 2.33. The van der Waals surface area contributed by atoms with Gasteiger partial charge in [-0.15, -0.1) is 0 Å². The summed E-state index contributed by atoms with van der Waals surface area (Å²) < 4.78 is 1.59. The van der Waals surface area contributed by atoms with Crippen molar-refractivity contribution in [3.05, 3.63) is 18.5 Å². The number of nitrogens with two attached hydrogens (primary N) is 1. The Morgan fingerprint density at radius 3 is 2.78 bits per heavy atom. The third-order valence-corrected chi connectivity index (χ3v) is 4.10. The molecule has 0 saturated heterocycles. The molecule has 3 rings (SSSR count). The molecule has 0 unspecified atom stereocenters. The van der Waals surface area contributed by atoms with Crippen molar-refractivity contribution in [1.82, 2.24) is 24.7 Å². The van der Waals surface area contributed by atoms with E-state index in [0.717, 1.165) is 0 Å². The summed E-state index contributed by atoms with van der Waals surface area (Å²) in [7, 11) is 0. The van der Waals surface area contributed by atoms with E-state index < -0.39 is 0 Å². The van der Waals surface area contributed by atoms with Crippen LogP contribution < -0.4 is 5.73 Å². The number of hydrogen-bond acceptors (Lipinski definition) is 6. The molecule has 0 atom stereocenters. The highest BCUT2D eigenvalue weighted by molar-refractivity contribution is 7.99. The lowest BCUT2D eigenvalue weighted by Crippen LogP contribution is -2.08. The first kappa shape index (κ1) is 11.5. The summed E-state index contributed by atoms with van der Waals surface area (Å²) in [4.78, 5) is 12.7. The molecular formula is C11H14N6S. The number of thioether (sulfide) groups is 1. The van der Waals surface area contributed by atoms with E-state index in [4.69, 9.17) is 5.73 Å². The topological polar surface area (TPSA) is 82.5 Å². The van der Waals surface area contributed by atoms with Crippen LogP contribution in [-0.2, 0) is 0 Å². The van der Waals surface area contributed by atoms with Gasteiger partial charge in [0.05, 0.1) is 0 Å². The van der Waals surface area contributed by atoms with E-state index in [-0.39, 0.29) is 5.95 Å². The van der Waals surface area contributed by atoms with Gasteiger partial charge in [0.2, 0.25) is 5.95 Å². The second-order valence-corrected chi connectivity index (χ2v) is 5.52. The van der Waals surface area contributed by atoms with Gasteiger partial charge in [0.15, 0.2) is 5.16 Å². The lowest BCUT2D eigenvalue weighted by Gasteiger charge is -2.08. The molecule has 1 aliphatic carbocycles. The zero-order valence-electron chi connectivity index (χ0n) is 9.86. The molecule has 18 heavy (non-hydrogen) atoms. The number of aromatic nitrogens is 5. The molecule has 7 heteroatoms. The molecule has 0 aliphatic heterocycles. The molecule has 2 heterocycles. The summed E-state index contributed by atoms with van der Waals surface area (Å²) >= 11 is 1.69. The zero-order chi connectivity index (χ0) is 12.4. The molecule has 1 fully saturated rings. The fraction of sp³-hybridized carbons (Fsp3) is 0.455. The average molecular weight is 262 g/mol. The van der Waals surface area contributed by atoms with E-state index in [1.165, 1.54) is 25.7 Å². The van der Waals surface area contributed by atoms with Crippen molar-refractivity contribution in [2.75, 3.05) is 5.73 Å². The van der Waals surface area contributed by atoms with Crippen LogP contribution in [0.15, 0.2) is 23.6 Å². The molecular weight excluding hydrogens is 248 g/mol. The van der Waals surface area contributed by atoms with Crippen LogP contribution >= 0.6 is 11.8 Å². The van der Waals surface area contributed by atoms with Crippen LogP contribution in [0.25, 0.3) is 5.95 Å². The van der Waals surface area contributed by atoms with Gasteiger partial charge in [0, 0.05) is 17.6 Å². The normalized spacial score (nSPS) is 16.2. The Balaban J connectivity index is 1.86. The summed E-state index contributed by atoms with van der Waals surface area (Å²) in [6, 6.07) is 1.82. The maximum atomic E-state index is 5.72. The lowest BCUT2D eigenvalue weighted by atomic mass is 10.4. The van der Waals surface area contributed by atoms with Crippen LogP contribution in [0.5, 0.6) is 0 Å². The van der Waals surface area contributed by atoms with Crippen molar-refractivity contribution >= 4 is 17.7 Å². The van der Waals surface area contributed by atoms with Crippen molar-refractivity contribution in [3.63, 3.8) is 0 Å². The molecule has 94 valence electrons. The fourth-order valence-corrected chi connectivity index (χ4v) is 3.21. The first-order chi connectivity index (χ1) is 8.81. The monoisotopic (exact) mass is 262 g/mol. The number of nitrogen functional groups attached to an aromatic ring is 1. The van der Waals surface area contributed by atoms with E-state index in [0.29, 0.717) is 16.4 Å². The maximum Gasteiger partial charge on any atom is 0.256 e. The zero-order valence-corrected chi connectivity index (χ0v) is 10.7. The SMILES string of the molecule is Nc1nc(SC2CCCC2)nc(-n2cccn2)n1. The average Bonchev–Trinajstić information content (AvgIpc) is 3.00. The standard InChI is InChI=1S/C11H14N6S/c12-9-14-10(17-7-3-6-13-17)16-11(15-9)18-8-4-1-2-5-8/h3,6-8H,1-2,4-5H2,(H2,12,14,15,16). The Labute approximate surface area is 109 Å². The number of hydrogen-bond donors (Lipinski definition) is 1. The molecule has 0 spiro atoms. The number of rotatable bonds is 3. The number of anilines is 1. The molecule has 0 radical (unpaired) electrons. The van der Waals surface area contributed by atoms with Gasteiger partial charge < -0.3 is 5.73 Å². The Hall–Kier alpha value is -1.63. The van der Waals surface area contributed by atoms with Crippen LogP contribution in [-0.4, -0.2) is 30.0 Å². The smallest absolute Gasteiger partial charge is 0.256 e. The lowest BCUT2D eigenvalue weighted by molar-refractivity contribution is 0.761. The van der Waals surface area contributed by atoms with E-state index in [2.05, 4.69) is 20.1 Å². The summed E-state index contributed by atoms with van der Waals surface area (Å²) in [5.41, 5.74) is 5.72. The summed E-state index contributed by atoms with van der Waals surface area (Å²) in [5.74, 6) is 0.726. The Morgan fingerprint density at radius 1 is 1.22 bits per heavy atom. The minimum Gasteiger partial charge on any atom is -0.368 e. The van der Waals surface area contributed by atoms with Gasteiger partial charge in [-0.05, 0) is 18.9 Å². The predicted octanol–water partition coefficient (Wildman–Crippen LogP) is 1.67.